The second-order valence-electron chi connectivity index (χ2n) is 7.36. The summed E-state index contributed by atoms with van der Waals surface area (Å²) in [7, 11) is -5.81. The van der Waals surface area contributed by atoms with Crippen molar-refractivity contribution in [2.75, 3.05) is 6.54 Å². The van der Waals surface area contributed by atoms with Crippen LogP contribution in [0.5, 0.6) is 5.75 Å². The standard InChI is InChI=1S/C23H20F3NO4S/c1-15(18-11-6-8-16-7-2-3-9-19(16)18)27-14-17-13-22(31-32(28,29)23(24,25)26)20-10-4-5-12-21(20)30-17/h2-13,15,17,27H,14H2,1H3/t15-,17-/m1/s1. The molecule has 3 aromatic rings. The van der Waals surface area contributed by atoms with Gasteiger partial charge in [0, 0.05) is 18.7 Å². The zero-order chi connectivity index (χ0) is 22.9. The molecule has 0 radical (unpaired) electrons. The van der Waals surface area contributed by atoms with Gasteiger partial charge in [-0.3, -0.25) is 0 Å². The second-order valence-corrected chi connectivity index (χ2v) is 8.90. The Morgan fingerprint density at radius 1 is 1.03 bits per heavy atom. The number of benzene rings is 3. The van der Waals surface area contributed by atoms with E-state index >= 15 is 0 Å². The van der Waals surface area contributed by atoms with Crippen molar-refractivity contribution in [3.8, 4) is 5.75 Å². The molecule has 1 heterocycles. The van der Waals surface area contributed by atoms with Crippen molar-refractivity contribution in [1.29, 1.82) is 0 Å². The van der Waals surface area contributed by atoms with Crippen LogP contribution in [0.15, 0.2) is 72.8 Å². The first-order valence-corrected chi connectivity index (χ1v) is 11.3. The normalized spacial score (nSPS) is 17.2. The van der Waals surface area contributed by atoms with Gasteiger partial charge in [0.05, 0.1) is 5.56 Å². The molecule has 9 heteroatoms. The zero-order valence-corrected chi connectivity index (χ0v) is 17.8. The number of fused-ring (bicyclic) bond motifs is 2. The Morgan fingerprint density at radius 3 is 2.50 bits per heavy atom. The number of rotatable bonds is 6. The Kier molecular flexibility index (Phi) is 5.87. The smallest absolute Gasteiger partial charge is 0.484 e. The zero-order valence-electron chi connectivity index (χ0n) is 17.0. The van der Waals surface area contributed by atoms with E-state index in [2.05, 4.69) is 9.50 Å². The summed E-state index contributed by atoms with van der Waals surface area (Å²) in [5, 5.41) is 5.48. The van der Waals surface area contributed by atoms with Gasteiger partial charge in [0.25, 0.3) is 0 Å². The lowest BCUT2D eigenvalue weighted by Crippen LogP contribution is -2.34. The molecule has 0 unspecified atom stereocenters. The highest BCUT2D eigenvalue weighted by atomic mass is 32.2. The summed E-state index contributed by atoms with van der Waals surface area (Å²) in [6.45, 7) is 2.19. The first-order valence-electron chi connectivity index (χ1n) is 9.85. The van der Waals surface area contributed by atoms with E-state index in [0.29, 0.717) is 0 Å². The van der Waals surface area contributed by atoms with Gasteiger partial charge in [0.2, 0.25) is 0 Å². The molecule has 0 spiro atoms. The van der Waals surface area contributed by atoms with E-state index < -0.39 is 27.5 Å². The minimum absolute atomic E-state index is 0.0986. The van der Waals surface area contributed by atoms with Crippen molar-refractivity contribution in [3.63, 3.8) is 0 Å². The van der Waals surface area contributed by atoms with Crippen LogP contribution in [-0.4, -0.2) is 26.6 Å². The second kappa shape index (κ2) is 8.48. The Bertz CT molecular complexity index is 1270. The lowest BCUT2D eigenvalue weighted by Gasteiger charge is -2.27. The highest BCUT2D eigenvalue weighted by Gasteiger charge is 2.49. The lowest BCUT2D eigenvalue weighted by molar-refractivity contribution is -0.0510. The van der Waals surface area contributed by atoms with E-state index in [1.54, 1.807) is 18.2 Å². The van der Waals surface area contributed by atoms with Crippen LogP contribution in [0.1, 0.15) is 24.1 Å². The number of alkyl halides is 3. The van der Waals surface area contributed by atoms with Crippen LogP contribution in [0.4, 0.5) is 13.2 Å². The predicted octanol–water partition coefficient (Wildman–Crippen LogP) is 5.16. The maximum Gasteiger partial charge on any atom is 0.534 e. The van der Waals surface area contributed by atoms with Gasteiger partial charge in [-0.1, -0.05) is 54.6 Å². The average molecular weight is 463 g/mol. The van der Waals surface area contributed by atoms with Crippen molar-refractivity contribution in [2.45, 2.75) is 24.6 Å². The van der Waals surface area contributed by atoms with E-state index in [4.69, 9.17) is 4.74 Å². The van der Waals surface area contributed by atoms with Crippen LogP contribution in [0.3, 0.4) is 0 Å². The number of para-hydroxylation sites is 1. The van der Waals surface area contributed by atoms with Crippen LogP contribution in [0.25, 0.3) is 16.5 Å². The molecule has 2 atom stereocenters. The van der Waals surface area contributed by atoms with Crippen molar-refractivity contribution in [1.82, 2.24) is 5.32 Å². The molecule has 0 fully saturated rings. The molecule has 3 aromatic carbocycles. The first-order chi connectivity index (χ1) is 15.2. The lowest BCUT2D eigenvalue weighted by atomic mass is 9.99. The molecule has 0 aliphatic carbocycles. The van der Waals surface area contributed by atoms with E-state index in [-0.39, 0.29) is 23.9 Å². The fourth-order valence-electron chi connectivity index (χ4n) is 3.60. The fourth-order valence-corrected chi connectivity index (χ4v) is 4.07. The third-order valence-electron chi connectivity index (χ3n) is 5.17. The quantitative estimate of drug-likeness (QED) is 0.404. The van der Waals surface area contributed by atoms with Crippen molar-refractivity contribution in [3.05, 3.63) is 83.9 Å². The van der Waals surface area contributed by atoms with Gasteiger partial charge in [-0.05, 0) is 35.4 Å². The number of halogens is 3. The summed E-state index contributed by atoms with van der Waals surface area (Å²) in [6.07, 6.45) is 0.509. The van der Waals surface area contributed by atoms with Gasteiger partial charge in [0.1, 0.15) is 11.9 Å². The molecule has 1 N–H and O–H groups in total. The molecular weight excluding hydrogens is 443 g/mol. The largest absolute Gasteiger partial charge is 0.534 e. The fraction of sp³-hybridized carbons (Fsp3) is 0.217. The van der Waals surface area contributed by atoms with Gasteiger partial charge in [-0.2, -0.15) is 21.6 Å². The molecular formula is C23H20F3NO4S. The Morgan fingerprint density at radius 2 is 1.72 bits per heavy atom. The van der Waals surface area contributed by atoms with Gasteiger partial charge in [-0.25, -0.2) is 0 Å². The van der Waals surface area contributed by atoms with Gasteiger partial charge in [-0.15, -0.1) is 0 Å². The highest BCUT2D eigenvalue weighted by Crippen LogP contribution is 2.36. The van der Waals surface area contributed by atoms with Crippen LogP contribution in [0, 0.1) is 0 Å². The molecule has 0 aromatic heterocycles. The maximum atomic E-state index is 12.8. The first kappa shape index (κ1) is 22.2. The molecule has 0 bridgehead atoms. The number of hydrogen-bond acceptors (Lipinski definition) is 5. The topological polar surface area (TPSA) is 64.6 Å². The number of ether oxygens (including phenoxy) is 1. The summed E-state index contributed by atoms with van der Waals surface area (Å²) >= 11 is 0. The highest BCUT2D eigenvalue weighted by molar-refractivity contribution is 7.87. The summed E-state index contributed by atoms with van der Waals surface area (Å²) in [6, 6.07) is 20.0. The maximum absolute atomic E-state index is 12.8. The number of hydrogen-bond donors (Lipinski definition) is 1. The van der Waals surface area contributed by atoms with Crippen LogP contribution < -0.4 is 10.1 Å². The summed E-state index contributed by atoms with van der Waals surface area (Å²) in [5.41, 5.74) is -4.34. The van der Waals surface area contributed by atoms with Gasteiger partial charge < -0.3 is 14.2 Å². The van der Waals surface area contributed by atoms with E-state index in [0.717, 1.165) is 16.3 Å². The molecule has 168 valence electrons. The molecule has 5 nitrogen and oxygen atoms in total. The Labute approximate surface area is 183 Å². The third kappa shape index (κ3) is 4.44. The molecule has 0 saturated heterocycles. The Hall–Kier alpha value is -3.04. The van der Waals surface area contributed by atoms with Crippen LogP contribution >= 0.6 is 0 Å². The van der Waals surface area contributed by atoms with Crippen LogP contribution in [0.2, 0.25) is 0 Å². The van der Waals surface area contributed by atoms with E-state index in [1.807, 2.05) is 49.4 Å². The van der Waals surface area contributed by atoms with E-state index in [1.165, 1.54) is 12.1 Å². The van der Waals surface area contributed by atoms with Crippen molar-refractivity contribution in [2.24, 2.45) is 0 Å². The summed E-state index contributed by atoms with van der Waals surface area (Å²) in [4.78, 5) is 0. The molecule has 1 aliphatic heterocycles. The van der Waals surface area contributed by atoms with Gasteiger partial charge >= 0.3 is 15.6 Å². The Balaban J connectivity index is 1.56. The molecule has 32 heavy (non-hydrogen) atoms. The molecule has 0 amide bonds. The average Bonchev–Trinajstić information content (AvgIpc) is 2.76. The minimum atomic E-state index is -5.81. The molecule has 1 aliphatic rings. The summed E-state index contributed by atoms with van der Waals surface area (Å²) < 4.78 is 72.0. The number of nitrogens with one attached hydrogen (secondary N) is 1. The molecule has 0 saturated carbocycles. The molecule has 4 rings (SSSR count). The van der Waals surface area contributed by atoms with Crippen molar-refractivity contribution >= 4 is 26.6 Å². The minimum Gasteiger partial charge on any atom is -0.484 e. The monoisotopic (exact) mass is 463 g/mol. The van der Waals surface area contributed by atoms with Gasteiger partial charge in [0.15, 0.2) is 5.76 Å². The van der Waals surface area contributed by atoms with E-state index in [9.17, 15) is 21.6 Å². The summed E-state index contributed by atoms with van der Waals surface area (Å²) in [5.74, 6) is -0.166. The SMILES string of the molecule is C[C@@H](NC[C@H]1C=C(OS(=O)(=O)C(F)(F)F)c2ccccc2O1)c1cccc2ccccc12. The van der Waals surface area contributed by atoms with Crippen molar-refractivity contribution < 1.29 is 30.5 Å². The van der Waals surface area contributed by atoms with Crippen LogP contribution in [-0.2, 0) is 14.3 Å². The predicted molar refractivity (Wildman–Crippen MR) is 115 cm³/mol. The third-order valence-corrected chi connectivity index (χ3v) is 6.13.